The van der Waals surface area contributed by atoms with Crippen molar-refractivity contribution >= 4 is 18.0 Å². The Morgan fingerprint density at radius 1 is 1.10 bits per heavy atom. The highest BCUT2D eigenvalue weighted by molar-refractivity contribution is 6.19. The molecule has 0 aromatic heterocycles. The topological polar surface area (TPSA) is 93.1 Å². The molecule has 1 aromatic carbocycles. The number of carbonyl (C=O) groups excluding carboxylic acids is 2. The lowest BCUT2D eigenvalue weighted by molar-refractivity contribution is -0.222. The van der Waals surface area contributed by atoms with Crippen LogP contribution in [0.4, 0.5) is 8.78 Å². The predicted molar refractivity (Wildman–Crippen MR) is 63.9 cm³/mol. The third-order valence-corrected chi connectivity index (χ3v) is 2.61. The molecule has 112 valence electrons. The minimum Gasteiger partial charge on any atom is -0.504 e. The Morgan fingerprint density at radius 3 is 2.14 bits per heavy atom. The molecule has 0 spiro atoms. The molecule has 0 radical (unpaired) electrons. The SMILES string of the molecule is CC1(C)OC(=O)C(=Cc2cc(F)c(O)c(F)c2O)C(=O)O1. The molecule has 0 unspecified atom stereocenters. The zero-order valence-electron chi connectivity index (χ0n) is 10.9. The molecule has 0 saturated carbocycles. The second-order valence-corrected chi connectivity index (χ2v) is 4.70. The van der Waals surface area contributed by atoms with Crippen molar-refractivity contribution < 1.29 is 38.1 Å². The van der Waals surface area contributed by atoms with Gasteiger partial charge in [-0.1, -0.05) is 0 Å². The van der Waals surface area contributed by atoms with Crippen LogP contribution in [0.25, 0.3) is 6.08 Å². The summed E-state index contributed by atoms with van der Waals surface area (Å²) in [4.78, 5) is 23.3. The van der Waals surface area contributed by atoms with Crippen molar-refractivity contribution in [2.24, 2.45) is 0 Å². The zero-order valence-corrected chi connectivity index (χ0v) is 10.9. The summed E-state index contributed by atoms with van der Waals surface area (Å²) in [5, 5.41) is 18.4. The van der Waals surface area contributed by atoms with Crippen molar-refractivity contribution in [3.05, 3.63) is 28.8 Å². The highest BCUT2D eigenvalue weighted by atomic mass is 19.1. The average molecular weight is 300 g/mol. The van der Waals surface area contributed by atoms with E-state index < -0.39 is 52.0 Å². The van der Waals surface area contributed by atoms with Gasteiger partial charge in [-0.2, -0.15) is 4.39 Å². The molecule has 2 rings (SSSR count). The van der Waals surface area contributed by atoms with Crippen molar-refractivity contribution in [1.29, 1.82) is 0 Å². The lowest BCUT2D eigenvalue weighted by atomic mass is 10.1. The maximum atomic E-state index is 13.3. The summed E-state index contributed by atoms with van der Waals surface area (Å²) in [7, 11) is 0. The van der Waals surface area contributed by atoms with Crippen LogP contribution >= 0.6 is 0 Å². The monoisotopic (exact) mass is 300 g/mol. The van der Waals surface area contributed by atoms with E-state index in [1.165, 1.54) is 13.8 Å². The second-order valence-electron chi connectivity index (χ2n) is 4.70. The van der Waals surface area contributed by atoms with Crippen molar-refractivity contribution in [2.45, 2.75) is 19.6 Å². The maximum absolute atomic E-state index is 13.3. The summed E-state index contributed by atoms with van der Waals surface area (Å²) in [5.41, 5.74) is -1.17. The van der Waals surface area contributed by atoms with E-state index in [0.29, 0.717) is 12.1 Å². The van der Waals surface area contributed by atoms with Gasteiger partial charge in [0.05, 0.1) is 0 Å². The van der Waals surface area contributed by atoms with Crippen LogP contribution in [-0.2, 0) is 19.1 Å². The Labute approximate surface area is 117 Å². The Hall–Kier alpha value is -2.64. The number of ether oxygens (including phenoxy) is 2. The summed E-state index contributed by atoms with van der Waals surface area (Å²) in [6, 6.07) is 0.557. The number of halogens is 2. The van der Waals surface area contributed by atoms with Gasteiger partial charge in [-0.15, -0.1) is 0 Å². The smallest absolute Gasteiger partial charge is 0.348 e. The Morgan fingerprint density at radius 2 is 1.62 bits per heavy atom. The normalized spacial score (nSPS) is 17.2. The number of rotatable bonds is 1. The molecule has 1 aromatic rings. The quantitative estimate of drug-likeness (QED) is 0.465. The molecular weight excluding hydrogens is 290 g/mol. The molecule has 0 bridgehead atoms. The first-order valence-corrected chi connectivity index (χ1v) is 5.70. The summed E-state index contributed by atoms with van der Waals surface area (Å²) in [5.74, 6) is -9.06. The predicted octanol–water partition coefficient (Wildman–Crippen LogP) is 1.60. The van der Waals surface area contributed by atoms with Crippen LogP contribution < -0.4 is 0 Å². The van der Waals surface area contributed by atoms with Gasteiger partial charge < -0.3 is 19.7 Å². The number of benzene rings is 1. The number of esters is 2. The third-order valence-electron chi connectivity index (χ3n) is 2.61. The lowest BCUT2D eigenvalue weighted by Crippen LogP contribution is -2.41. The Bertz CT molecular complexity index is 656. The Kier molecular flexibility index (Phi) is 3.32. The highest BCUT2D eigenvalue weighted by Gasteiger charge is 2.39. The largest absolute Gasteiger partial charge is 0.504 e. The van der Waals surface area contributed by atoms with Crippen molar-refractivity contribution in [3.63, 3.8) is 0 Å². The van der Waals surface area contributed by atoms with E-state index in [2.05, 4.69) is 0 Å². The number of phenols is 2. The number of aromatic hydroxyl groups is 2. The van der Waals surface area contributed by atoms with Crippen molar-refractivity contribution in [2.75, 3.05) is 0 Å². The van der Waals surface area contributed by atoms with Gasteiger partial charge in [0, 0.05) is 19.4 Å². The molecule has 2 N–H and O–H groups in total. The second kappa shape index (κ2) is 4.72. The van der Waals surface area contributed by atoms with Crippen LogP contribution in [0, 0.1) is 11.6 Å². The van der Waals surface area contributed by atoms with Crippen LogP contribution in [0.15, 0.2) is 11.6 Å². The van der Waals surface area contributed by atoms with E-state index in [-0.39, 0.29) is 0 Å². The first-order chi connectivity index (χ1) is 9.62. The van der Waals surface area contributed by atoms with Gasteiger partial charge in [0.2, 0.25) is 5.82 Å². The van der Waals surface area contributed by atoms with Crippen molar-refractivity contribution in [1.82, 2.24) is 0 Å². The van der Waals surface area contributed by atoms with Crippen LogP contribution in [0.2, 0.25) is 0 Å². The standard InChI is InChI=1S/C13H10F2O6/c1-13(2)20-11(18)6(12(19)21-13)3-5-4-7(14)10(17)8(15)9(5)16/h3-4,16-17H,1-2H3. The lowest BCUT2D eigenvalue weighted by Gasteiger charge is -2.29. The van der Waals surface area contributed by atoms with Gasteiger partial charge in [-0.05, 0) is 12.1 Å². The van der Waals surface area contributed by atoms with E-state index in [4.69, 9.17) is 14.6 Å². The van der Waals surface area contributed by atoms with Crippen LogP contribution in [-0.4, -0.2) is 27.9 Å². The van der Waals surface area contributed by atoms with E-state index in [1.54, 1.807) is 0 Å². The summed E-state index contributed by atoms with van der Waals surface area (Å²) < 4.78 is 36.1. The number of cyclic esters (lactones) is 2. The number of carbonyl (C=O) groups is 2. The van der Waals surface area contributed by atoms with E-state index in [9.17, 15) is 23.5 Å². The average Bonchev–Trinajstić information content (AvgIpc) is 2.36. The van der Waals surface area contributed by atoms with Gasteiger partial charge >= 0.3 is 11.9 Å². The molecule has 0 atom stereocenters. The van der Waals surface area contributed by atoms with Gasteiger partial charge in [-0.25, -0.2) is 14.0 Å². The fourth-order valence-electron chi connectivity index (χ4n) is 1.66. The number of phenolic OH excluding ortho intramolecular Hbond substituents is 2. The minimum atomic E-state index is -1.61. The van der Waals surface area contributed by atoms with Crippen LogP contribution in [0.1, 0.15) is 19.4 Å². The first-order valence-electron chi connectivity index (χ1n) is 5.70. The fourth-order valence-corrected chi connectivity index (χ4v) is 1.66. The highest BCUT2D eigenvalue weighted by Crippen LogP contribution is 2.33. The molecule has 0 aliphatic carbocycles. The molecule has 1 heterocycles. The number of hydrogen-bond acceptors (Lipinski definition) is 6. The summed E-state index contributed by atoms with van der Waals surface area (Å²) in [6.45, 7) is 2.66. The van der Waals surface area contributed by atoms with Crippen LogP contribution in [0.5, 0.6) is 11.5 Å². The van der Waals surface area contributed by atoms with E-state index in [1.807, 2.05) is 0 Å². The molecule has 6 nitrogen and oxygen atoms in total. The molecule has 1 saturated heterocycles. The molecule has 0 amide bonds. The molecule has 8 heteroatoms. The van der Waals surface area contributed by atoms with Gasteiger partial charge in [-0.3, -0.25) is 0 Å². The first kappa shape index (κ1) is 14.8. The maximum Gasteiger partial charge on any atom is 0.348 e. The van der Waals surface area contributed by atoms with E-state index >= 15 is 0 Å². The molecule has 1 aliphatic rings. The molecule has 1 aliphatic heterocycles. The Balaban J connectivity index is 2.50. The molecule has 21 heavy (non-hydrogen) atoms. The van der Waals surface area contributed by atoms with Gasteiger partial charge in [0.25, 0.3) is 5.79 Å². The van der Waals surface area contributed by atoms with E-state index in [0.717, 1.165) is 0 Å². The van der Waals surface area contributed by atoms with Gasteiger partial charge in [0.1, 0.15) is 5.57 Å². The minimum absolute atomic E-state index is 0.522. The number of hydrogen-bond donors (Lipinski definition) is 2. The van der Waals surface area contributed by atoms with Crippen molar-refractivity contribution in [3.8, 4) is 11.5 Å². The molecule has 1 fully saturated rings. The zero-order chi connectivity index (χ0) is 15.9. The third kappa shape index (κ3) is 2.64. The van der Waals surface area contributed by atoms with Gasteiger partial charge in [0.15, 0.2) is 17.3 Å². The summed E-state index contributed by atoms with van der Waals surface area (Å²) in [6.07, 6.45) is 0.709. The molecular formula is C13H10F2O6. The van der Waals surface area contributed by atoms with Crippen LogP contribution in [0.3, 0.4) is 0 Å². The summed E-state index contributed by atoms with van der Waals surface area (Å²) >= 11 is 0. The fraction of sp³-hybridized carbons (Fsp3) is 0.231.